The van der Waals surface area contributed by atoms with Crippen molar-refractivity contribution in [2.24, 2.45) is 10.9 Å². The van der Waals surface area contributed by atoms with E-state index >= 15 is 0 Å². The summed E-state index contributed by atoms with van der Waals surface area (Å²) in [4.78, 5) is 15.4. The molecule has 0 aromatic rings. The zero-order chi connectivity index (χ0) is 16.4. The molecular formula is C15H19F3N2O2. The van der Waals surface area contributed by atoms with Crippen LogP contribution in [0.1, 0.15) is 25.7 Å². The summed E-state index contributed by atoms with van der Waals surface area (Å²) in [6.07, 6.45) is 3.03. The molecule has 122 valence electrons. The van der Waals surface area contributed by atoms with Gasteiger partial charge >= 0.3 is 6.18 Å². The van der Waals surface area contributed by atoms with Crippen molar-refractivity contribution in [3.63, 3.8) is 0 Å². The first-order valence-corrected chi connectivity index (χ1v) is 6.96. The van der Waals surface area contributed by atoms with Gasteiger partial charge in [0.05, 0.1) is 11.3 Å². The average Bonchev–Trinajstić information content (AvgIpc) is 2.71. The number of halogens is 3. The predicted molar refractivity (Wildman–Crippen MR) is 78.3 cm³/mol. The van der Waals surface area contributed by atoms with Crippen molar-refractivity contribution in [2.45, 2.75) is 31.9 Å². The van der Waals surface area contributed by atoms with Crippen LogP contribution in [-0.4, -0.2) is 31.3 Å². The van der Waals surface area contributed by atoms with Gasteiger partial charge in [0.15, 0.2) is 0 Å². The van der Waals surface area contributed by atoms with E-state index < -0.39 is 11.7 Å². The van der Waals surface area contributed by atoms with Crippen LogP contribution in [0.5, 0.6) is 0 Å². The molecule has 0 saturated carbocycles. The molecule has 1 aliphatic carbocycles. The first kappa shape index (κ1) is 18.2. The van der Waals surface area contributed by atoms with Crippen LogP contribution in [0.4, 0.5) is 13.2 Å². The number of carbonyl (C=O) groups is 1. The minimum absolute atomic E-state index is 0.226. The number of alkyl halides is 3. The van der Waals surface area contributed by atoms with E-state index in [1.807, 2.05) is 0 Å². The summed E-state index contributed by atoms with van der Waals surface area (Å²) in [7, 11) is 0. The Morgan fingerprint density at radius 3 is 2.82 bits per heavy atom. The summed E-state index contributed by atoms with van der Waals surface area (Å²) in [5.74, 6) is 0. The summed E-state index contributed by atoms with van der Waals surface area (Å²) in [6.45, 7) is 0.520. The van der Waals surface area contributed by atoms with Crippen molar-refractivity contribution < 1.29 is 22.8 Å². The Bertz CT molecular complexity index is 492. The molecule has 0 atom stereocenters. The second kappa shape index (κ2) is 9.19. The lowest BCUT2D eigenvalue weighted by Crippen LogP contribution is -2.09. The SMILES string of the molecule is NCCO/N=C(\CCCC=O)C1=CC=C(C(F)(F)F)C=CC1. The third kappa shape index (κ3) is 6.26. The quantitative estimate of drug-likeness (QED) is 0.324. The Morgan fingerprint density at radius 1 is 1.41 bits per heavy atom. The van der Waals surface area contributed by atoms with E-state index in [-0.39, 0.29) is 6.61 Å². The summed E-state index contributed by atoms with van der Waals surface area (Å²) < 4.78 is 38.1. The van der Waals surface area contributed by atoms with Crippen LogP contribution in [0.15, 0.2) is 40.6 Å². The molecule has 0 unspecified atom stereocenters. The van der Waals surface area contributed by atoms with Gasteiger partial charge in [-0.25, -0.2) is 0 Å². The second-order valence-corrected chi connectivity index (χ2v) is 4.64. The molecule has 22 heavy (non-hydrogen) atoms. The van der Waals surface area contributed by atoms with E-state index in [2.05, 4.69) is 5.16 Å². The van der Waals surface area contributed by atoms with Crippen LogP contribution in [-0.2, 0) is 9.63 Å². The molecule has 0 amide bonds. The fourth-order valence-electron chi connectivity index (χ4n) is 1.82. The molecule has 2 N–H and O–H groups in total. The first-order valence-electron chi connectivity index (χ1n) is 6.96. The van der Waals surface area contributed by atoms with Gasteiger partial charge in [-0.15, -0.1) is 0 Å². The zero-order valence-corrected chi connectivity index (χ0v) is 12.1. The Balaban J connectivity index is 2.91. The Morgan fingerprint density at radius 2 is 2.18 bits per heavy atom. The highest BCUT2D eigenvalue weighted by atomic mass is 19.4. The van der Waals surface area contributed by atoms with Gasteiger partial charge in [-0.3, -0.25) is 0 Å². The van der Waals surface area contributed by atoms with Crippen molar-refractivity contribution in [3.05, 3.63) is 35.5 Å². The van der Waals surface area contributed by atoms with Gasteiger partial charge in [0.2, 0.25) is 0 Å². The van der Waals surface area contributed by atoms with E-state index in [4.69, 9.17) is 10.6 Å². The van der Waals surface area contributed by atoms with Crippen LogP contribution < -0.4 is 5.73 Å². The lowest BCUT2D eigenvalue weighted by molar-refractivity contribution is -0.107. The fraction of sp³-hybridized carbons (Fsp3) is 0.467. The van der Waals surface area contributed by atoms with Crippen molar-refractivity contribution >= 4 is 12.0 Å². The first-order chi connectivity index (χ1) is 10.5. The molecule has 0 aromatic carbocycles. The van der Waals surface area contributed by atoms with Gasteiger partial charge in [0.1, 0.15) is 12.9 Å². The number of rotatable bonds is 8. The molecule has 0 aliphatic heterocycles. The number of hydrogen-bond donors (Lipinski definition) is 1. The predicted octanol–water partition coefficient (Wildman–Crippen LogP) is 3.06. The number of hydrogen-bond acceptors (Lipinski definition) is 4. The summed E-state index contributed by atoms with van der Waals surface area (Å²) in [5.41, 5.74) is 5.77. The molecule has 0 saturated heterocycles. The highest BCUT2D eigenvalue weighted by Gasteiger charge is 2.31. The standard InChI is InChI=1S/C15H19F3N2O2/c16-15(17,18)13-5-3-4-12(7-8-13)14(6-1-2-10-21)20-22-11-9-19/h3,5,7-8,10H,1-2,4,6,9,11,19H2/b20-14+. The molecule has 0 spiro atoms. The molecule has 4 nitrogen and oxygen atoms in total. The van der Waals surface area contributed by atoms with E-state index in [9.17, 15) is 18.0 Å². The normalized spacial score (nSPS) is 15.9. The van der Waals surface area contributed by atoms with Gasteiger partial charge in [-0.2, -0.15) is 13.2 Å². The monoisotopic (exact) mass is 316 g/mol. The smallest absolute Gasteiger partial charge is 0.394 e. The topological polar surface area (TPSA) is 64.7 Å². The highest BCUT2D eigenvalue weighted by molar-refractivity contribution is 6.00. The van der Waals surface area contributed by atoms with E-state index in [0.29, 0.717) is 43.5 Å². The Kier molecular flexibility index (Phi) is 7.59. The van der Waals surface area contributed by atoms with Crippen LogP contribution in [0.25, 0.3) is 0 Å². The average molecular weight is 316 g/mol. The largest absolute Gasteiger partial charge is 0.416 e. The minimum atomic E-state index is -4.38. The number of carbonyl (C=O) groups excluding carboxylic acids is 1. The highest BCUT2D eigenvalue weighted by Crippen LogP contribution is 2.29. The van der Waals surface area contributed by atoms with Crippen LogP contribution >= 0.6 is 0 Å². The van der Waals surface area contributed by atoms with Gasteiger partial charge < -0.3 is 15.4 Å². The van der Waals surface area contributed by atoms with Gasteiger partial charge in [-0.05, 0) is 30.9 Å². The number of allylic oxidation sites excluding steroid dienone is 6. The van der Waals surface area contributed by atoms with Gasteiger partial charge in [0.25, 0.3) is 0 Å². The molecular weight excluding hydrogens is 297 g/mol. The second-order valence-electron chi connectivity index (χ2n) is 4.64. The molecule has 1 rings (SSSR count). The molecule has 1 aliphatic rings. The maximum absolute atomic E-state index is 12.7. The Labute approximate surface area is 127 Å². The van der Waals surface area contributed by atoms with Crippen molar-refractivity contribution in [1.29, 1.82) is 0 Å². The number of aldehydes is 1. The third-order valence-corrected chi connectivity index (χ3v) is 2.92. The Hall–Kier alpha value is -1.89. The molecule has 0 radical (unpaired) electrons. The maximum atomic E-state index is 12.7. The fourth-order valence-corrected chi connectivity index (χ4v) is 1.82. The van der Waals surface area contributed by atoms with Crippen molar-refractivity contribution in [3.8, 4) is 0 Å². The number of unbranched alkanes of at least 4 members (excludes halogenated alkanes) is 1. The molecule has 0 heterocycles. The van der Waals surface area contributed by atoms with Crippen molar-refractivity contribution in [1.82, 2.24) is 0 Å². The van der Waals surface area contributed by atoms with Crippen LogP contribution in [0.2, 0.25) is 0 Å². The van der Waals surface area contributed by atoms with Crippen LogP contribution in [0, 0.1) is 0 Å². The van der Waals surface area contributed by atoms with Gasteiger partial charge in [0, 0.05) is 13.0 Å². The summed E-state index contributed by atoms with van der Waals surface area (Å²) >= 11 is 0. The summed E-state index contributed by atoms with van der Waals surface area (Å²) in [6, 6.07) is 0. The molecule has 0 bridgehead atoms. The van der Waals surface area contributed by atoms with Crippen molar-refractivity contribution in [2.75, 3.05) is 13.2 Å². The summed E-state index contributed by atoms with van der Waals surface area (Å²) in [5, 5.41) is 3.95. The molecule has 0 aromatic heterocycles. The number of nitrogens with zero attached hydrogens (tertiary/aromatic N) is 1. The van der Waals surface area contributed by atoms with Gasteiger partial charge in [-0.1, -0.05) is 23.4 Å². The zero-order valence-electron chi connectivity index (χ0n) is 12.1. The maximum Gasteiger partial charge on any atom is 0.416 e. The van der Waals surface area contributed by atoms with E-state index in [1.165, 1.54) is 12.2 Å². The minimum Gasteiger partial charge on any atom is -0.394 e. The lowest BCUT2D eigenvalue weighted by atomic mass is 10.0. The lowest BCUT2D eigenvalue weighted by Gasteiger charge is -2.08. The number of oxime groups is 1. The van der Waals surface area contributed by atoms with E-state index in [0.717, 1.165) is 18.4 Å². The number of nitrogens with two attached hydrogens (primary N) is 1. The molecule has 7 heteroatoms. The molecule has 0 fully saturated rings. The third-order valence-electron chi connectivity index (χ3n) is 2.92. The van der Waals surface area contributed by atoms with E-state index in [1.54, 1.807) is 0 Å². The van der Waals surface area contributed by atoms with Crippen LogP contribution in [0.3, 0.4) is 0 Å².